The highest BCUT2D eigenvalue weighted by Crippen LogP contribution is 2.13. The van der Waals surface area contributed by atoms with Crippen molar-refractivity contribution in [1.29, 1.82) is 0 Å². The Labute approximate surface area is 411 Å². The van der Waals surface area contributed by atoms with Crippen molar-refractivity contribution in [3.63, 3.8) is 0 Å². The van der Waals surface area contributed by atoms with Crippen LogP contribution in [0.4, 0.5) is 0 Å². The van der Waals surface area contributed by atoms with Gasteiger partial charge in [-0.2, -0.15) is 11.8 Å². The molecule has 0 aliphatic heterocycles. The van der Waals surface area contributed by atoms with Crippen molar-refractivity contribution in [2.75, 3.05) is 31.6 Å². The predicted octanol–water partition coefficient (Wildman–Crippen LogP) is -2.45. The lowest BCUT2D eigenvalue weighted by Gasteiger charge is -2.26. The summed E-state index contributed by atoms with van der Waals surface area (Å²) < 4.78 is 0. The molecule has 2 aromatic carbocycles. The lowest BCUT2D eigenvalue weighted by atomic mass is 10.0. The number of phenols is 1. The molecule has 0 aliphatic rings. The number of hydrogen-bond acceptors (Lipinski definition) is 14. The van der Waals surface area contributed by atoms with Crippen molar-refractivity contribution in [3.05, 3.63) is 65.7 Å². The zero-order valence-electron chi connectivity index (χ0n) is 39.9. The Balaban J connectivity index is 2.19. The molecule has 0 heterocycles. The summed E-state index contributed by atoms with van der Waals surface area (Å²) in [5, 5.41) is 39.4. The van der Waals surface area contributed by atoms with E-state index >= 15 is 0 Å². The van der Waals surface area contributed by atoms with Gasteiger partial charge in [0.15, 0.2) is 0 Å². The molecule has 0 aliphatic carbocycles. The number of nitrogens with one attached hydrogen (secondary N) is 8. The molecule has 0 saturated carbocycles. The van der Waals surface area contributed by atoms with Crippen molar-refractivity contribution < 1.29 is 58.2 Å². The van der Waals surface area contributed by atoms with Crippen LogP contribution in [0.3, 0.4) is 0 Å². The van der Waals surface area contributed by atoms with E-state index in [9.17, 15) is 58.2 Å². The molecule has 70 heavy (non-hydrogen) atoms. The van der Waals surface area contributed by atoms with Crippen LogP contribution < -0.4 is 59.7 Å². The number of rotatable bonds is 32. The second-order valence-electron chi connectivity index (χ2n) is 16.9. The lowest BCUT2D eigenvalue weighted by molar-refractivity contribution is -0.142. The van der Waals surface area contributed by atoms with Crippen molar-refractivity contribution in [3.8, 4) is 5.75 Å². The third-order valence-electron chi connectivity index (χ3n) is 10.5. The average molecular weight is 1000 g/mol. The first-order valence-corrected chi connectivity index (χ1v) is 24.2. The predicted molar refractivity (Wildman–Crippen MR) is 260 cm³/mol. The fraction of sp³-hybridized carbons (Fsp3) is 0.522. The third-order valence-corrected chi connectivity index (χ3v) is 11.2. The summed E-state index contributed by atoms with van der Waals surface area (Å²) in [5.41, 5.74) is 17.7. The van der Waals surface area contributed by atoms with E-state index in [0.717, 1.165) is 0 Å². The molecule has 7 atom stereocenters. The molecule has 24 heteroatoms. The van der Waals surface area contributed by atoms with Crippen molar-refractivity contribution >= 4 is 70.9 Å². The fourth-order valence-corrected chi connectivity index (χ4v) is 7.26. The number of nitrogens with two attached hydrogens (primary N) is 3. The van der Waals surface area contributed by atoms with Crippen LogP contribution in [0.1, 0.15) is 70.4 Å². The third kappa shape index (κ3) is 22.5. The van der Waals surface area contributed by atoms with E-state index in [0.29, 0.717) is 29.7 Å². The summed E-state index contributed by atoms with van der Waals surface area (Å²) >= 11 is 1.37. The number of aliphatic carboxylic acids is 1. The van der Waals surface area contributed by atoms with Gasteiger partial charge in [-0.05, 0) is 86.8 Å². The Morgan fingerprint density at radius 1 is 0.586 bits per heavy atom. The van der Waals surface area contributed by atoms with Gasteiger partial charge in [0.2, 0.25) is 53.2 Å². The zero-order valence-corrected chi connectivity index (χ0v) is 40.7. The number of phenolic OH excluding ortho intramolecular Hbond substituents is 1. The number of aromatic hydroxyl groups is 1. The first kappa shape index (κ1) is 59.3. The Kier molecular flexibility index (Phi) is 26.6. The maximum absolute atomic E-state index is 13.7. The topological polar surface area (TPSA) is 385 Å². The number of thioether (sulfide) groups is 1. The number of unbranched alkanes of at least 4 members (excludes halogenated alkanes) is 1. The van der Waals surface area contributed by atoms with Crippen molar-refractivity contribution in [2.24, 2.45) is 23.1 Å². The fourth-order valence-electron chi connectivity index (χ4n) is 6.79. The number of hydrogen-bond donors (Lipinski definition) is 13. The number of carboxylic acid groups (broad SMARTS) is 1. The molecule has 23 nitrogen and oxygen atoms in total. The molecule has 0 radical (unpaired) electrons. The minimum atomic E-state index is -1.63. The van der Waals surface area contributed by atoms with Gasteiger partial charge in [-0.1, -0.05) is 56.3 Å². The van der Waals surface area contributed by atoms with Gasteiger partial charge >= 0.3 is 5.97 Å². The molecule has 0 saturated heterocycles. The van der Waals surface area contributed by atoms with E-state index in [2.05, 4.69) is 42.5 Å². The summed E-state index contributed by atoms with van der Waals surface area (Å²) in [6.45, 7) is 4.09. The largest absolute Gasteiger partial charge is 0.508 e. The summed E-state index contributed by atoms with van der Waals surface area (Å²) in [6.07, 6.45) is 1.98. The highest BCUT2D eigenvalue weighted by Gasteiger charge is 2.33. The van der Waals surface area contributed by atoms with Crippen LogP contribution in [0, 0.1) is 5.92 Å². The van der Waals surface area contributed by atoms with Gasteiger partial charge in [0, 0.05) is 12.8 Å². The zero-order chi connectivity index (χ0) is 52.3. The van der Waals surface area contributed by atoms with Crippen LogP contribution in [0.25, 0.3) is 0 Å². The lowest BCUT2D eigenvalue weighted by Crippen LogP contribution is -2.59. The number of benzene rings is 2. The SMILES string of the molecule is CSCC[C@H](NC(=O)[C@H](C)NC(=O)[C@H](CCCCN)NC(=O)[C@H](CC(N)=O)NC(=O)[C@H](Cc1ccc(O)cc1)NC(=O)CN)C(=O)NCC(=O)N[C@@H](Cc1ccccc1)C(=O)N[C@@H](CC(C)C)C(=O)O. The van der Waals surface area contributed by atoms with Gasteiger partial charge in [0.1, 0.15) is 48.0 Å². The second kappa shape index (κ2) is 31.4. The van der Waals surface area contributed by atoms with E-state index < -0.39 is 121 Å². The van der Waals surface area contributed by atoms with E-state index in [1.54, 1.807) is 50.4 Å². The molecular formula is C46H69N11O12S. The van der Waals surface area contributed by atoms with Crippen LogP contribution in [-0.2, 0) is 60.8 Å². The average Bonchev–Trinajstić information content (AvgIpc) is 3.31. The minimum Gasteiger partial charge on any atom is -0.508 e. The second-order valence-corrected chi connectivity index (χ2v) is 17.9. The van der Waals surface area contributed by atoms with Crippen LogP contribution in [0.5, 0.6) is 5.75 Å². The van der Waals surface area contributed by atoms with E-state index in [4.69, 9.17) is 17.2 Å². The molecule has 0 unspecified atom stereocenters. The highest BCUT2D eigenvalue weighted by atomic mass is 32.2. The van der Waals surface area contributed by atoms with Crippen LogP contribution in [0.15, 0.2) is 54.6 Å². The Morgan fingerprint density at radius 3 is 1.64 bits per heavy atom. The number of carboxylic acids is 1. The van der Waals surface area contributed by atoms with E-state index in [-0.39, 0.29) is 50.3 Å². The Hall–Kier alpha value is -6.79. The summed E-state index contributed by atoms with van der Waals surface area (Å²) in [7, 11) is 0. The highest BCUT2D eigenvalue weighted by molar-refractivity contribution is 7.98. The van der Waals surface area contributed by atoms with Gasteiger partial charge in [0.05, 0.1) is 19.5 Å². The molecule has 2 rings (SSSR count). The number of carbonyl (C=O) groups is 10. The van der Waals surface area contributed by atoms with Gasteiger partial charge in [-0.15, -0.1) is 0 Å². The maximum Gasteiger partial charge on any atom is 0.326 e. The van der Waals surface area contributed by atoms with Crippen LogP contribution >= 0.6 is 11.8 Å². The summed E-state index contributed by atoms with van der Waals surface area (Å²) in [6, 6.07) is 5.29. The Morgan fingerprint density at radius 2 is 1.10 bits per heavy atom. The van der Waals surface area contributed by atoms with E-state index in [1.807, 2.05) is 0 Å². The van der Waals surface area contributed by atoms with Gasteiger partial charge in [-0.25, -0.2) is 4.79 Å². The van der Waals surface area contributed by atoms with E-state index in [1.165, 1.54) is 43.0 Å². The van der Waals surface area contributed by atoms with Crippen molar-refractivity contribution in [1.82, 2.24) is 42.5 Å². The van der Waals surface area contributed by atoms with Gasteiger partial charge in [-0.3, -0.25) is 43.2 Å². The first-order valence-electron chi connectivity index (χ1n) is 22.8. The molecule has 386 valence electrons. The van der Waals surface area contributed by atoms with Crippen molar-refractivity contribution in [2.45, 2.75) is 114 Å². The summed E-state index contributed by atoms with van der Waals surface area (Å²) in [4.78, 5) is 131. The first-order chi connectivity index (χ1) is 33.2. The number of amides is 9. The Bertz CT molecular complexity index is 2080. The minimum absolute atomic E-state index is 0.00313. The molecule has 0 aromatic heterocycles. The molecule has 0 bridgehead atoms. The molecule has 9 amide bonds. The normalized spacial score (nSPS) is 13.9. The molecule has 2 aromatic rings. The van der Waals surface area contributed by atoms with Gasteiger partial charge in [0.25, 0.3) is 0 Å². The van der Waals surface area contributed by atoms with Crippen LogP contribution in [-0.4, -0.2) is 143 Å². The maximum atomic E-state index is 13.7. The molecular weight excluding hydrogens is 931 g/mol. The monoisotopic (exact) mass is 999 g/mol. The quantitative estimate of drug-likeness (QED) is 0.0339. The smallest absolute Gasteiger partial charge is 0.326 e. The molecule has 0 spiro atoms. The standard InChI is InChI=1S/C46H69N11O12S/c1-26(2)20-36(46(68)69)57-44(66)34(21-28-10-6-5-7-11-28)53-39(61)25-50-41(63)32(17-19-70-4)54-40(62)27(3)51-42(64)31(12-8-9-18-47)55-45(67)35(23-37(49)59)56-43(65)33(52-38(60)24-48)22-29-13-15-30(58)16-14-29/h5-7,10-11,13-16,26-27,31-36,58H,8-9,12,17-25,47-48H2,1-4H3,(H2,49,59)(H,50,63)(H,51,64)(H,52,60)(H,53,61)(H,54,62)(H,55,67)(H,56,65)(H,57,66)(H,68,69)/t27-,31-,32-,33-,34-,35-,36-/m0/s1. The number of primary amides is 1. The number of carbonyl (C=O) groups excluding carboxylic acids is 9. The molecule has 16 N–H and O–H groups in total. The molecule has 0 fully saturated rings. The summed E-state index contributed by atoms with van der Waals surface area (Å²) in [5.74, 6) is -8.45. The van der Waals surface area contributed by atoms with Gasteiger partial charge < -0.3 is 69.9 Å². The van der Waals surface area contributed by atoms with Crippen LogP contribution in [0.2, 0.25) is 0 Å².